The molecule has 0 aromatic heterocycles. The maximum Gasteiger partial charge on any atom is -0.0261 e. The van der Waals surface area contributed by atoms with Crippen LogP contribution in [-0.4, -0.2) is 0 Å². The Morgan fingerprint density at radius 2 is 1.90 bits per heavy atom. The summed E-state index contributed by atoms with van der Waals surface area (Å²) >= 11 is 0. The van der Waals surface area contributed by atoms with Gasteiger partial charge in [-0.15, -0.1) is 0 Å². The van der Waals surface area contributed by atoms with E-state index in [0.29, 0.717) is 5.41 Å². The lowest BCUT2D eigenvalue weighted by Crippen LogP contribution is -2.25. The Balaban J connectivity index is 2.13. The van der Waals surface area contributed by atoms with Crippen LogP contribution >= 0.6 is 0 Å². The normalized spacial score (nSPS) is 55.2. The molecule has 0 saturated heterocycles. The Hall–Kier alpha value is 0. The molecule has 2 fully saturated rings. The molecule has 0 spiro atoms. The molecule has 0 N–H and O–H groups in total. The van der Waals surface area contributed by atoms with E-state index in [1.165, 1.54) is 12.8 Å². The van der Waals surface area contributed by atoms with Crippen LogP contribution in [0.4, 0.5) is 0 Å². The van der Waals surface area contributed by atoms with Gasteiger partial charge in [-0.2, -0.15) is 0 Å². The summed E-state index contributed by atoms with van der Waals surface area (Å²) in [5, 5.41) is 0. The van der Waals surface area contributed by atoms with E-state index in [1.54, 1.807) is 0 Å². The lowest BCUT2D eigenvalue weighted by molar-refractivity contribution is 0.163. The van der Waals surface area contributed by atoms with Gasteiger partial charge in [0.05, 0.1) is 0 Å². The van der Waals surface area contributed by atoms with Crippen LogP contribution in [0.2, 0.25) is 0 Å². The minimum Gasteiger partial charge on any atom is -0.0648 e. The first-order valence-corrected chi connectivity index (χ1v) is 4.52. The molecule has 0 aliphatic heterocycles. The highest BCUT2D eigenvalue weighted by Gasteiger charge is 2.73. The van der Waals surface area contributed by atoms with Crippen LogP contribution in [0, 0.1) is 22.7 Å². The predicted octanol–water partition coefficient (Wildman–Crippen LogP) is 3.08. The predicted molar refractivity (Wildman–Crippen MR) is 43.8 cm³/mol. The summed E-state index contributed by atoms with van der Waals surface area (Å²) in [6.07, 6.45) is 2.88. The topological polar surface area (TPSA) is 0 Å². The second-order valence-electron chi connectivity index (χ2n) is 5.14. The highest BCUT2D eigenvalue weighted by atomic mass is 14.8. The smallest absolute Gasteiger partial charge is 0.0261 e. The van der Waals surface area contributed by atoms with Crippen LogP contribution in [0.1, 0.15) is 40.5 Å². The molecule has 0 nitrogen and oxygen atoms in total. The van der Waals surface area contributed by atoms with Gasteiger partial charge in [0, 0.05) is 0 Å². The fourth-order valence-electron chi connectivity index (χ4n) is 3.46. The second kappa shape index (κ2) is 1.44. The molecule has 2 saturated carbocycles. The van der Waals surface area contributed by atoms with Crippen molar-refractivity contribution < 1.29 is 0 Å². The van der Waals surface area contributed by atoms with E-state index in [0.717, 1.165) is 17.3 Å². The van der Waals surface area contributed by atoms with Crippen LogP contribution in [0.3, 0.4) is 0 Å². The van der Waals surface area contributed by atoms with Crippen molar-refractivity contribution >= 4 is 0 Å². The van der Waals surface area contributed by atoms with E-state index in [2.05, 4.69) is 27.7 Å². The van der Waals surface area contributed by atoms with Crippen LogP contribution in [-0.2, 0) is 0 Å². The fourth-order valence-corrected chi connectivity index (χ4v) is 3.46. The van der Waals surface area contributed by atoms with Gasteiger partial charge in [-0.1, -0.05) is 34.1 Å². The molecule has 0 aromatic carbocycles. The quantitative estimate of drug-likeness (QED) is 0.522. The first-order valence-electron chi connectivity index (χ1n) is 4.52. The summed E-state index contributed by atoms with van der Waals surface area (Å²) in [6, 6.07) is 0. The van der Waals surface area contributed by atoms with Crippen LogP contribution in [0.15, 0.2) is 0 Å². The molecule has 0 bridgehead atoms. The summed E-state index contributed by atoms with van der Waals surface area (Å²) in [4.78, 5) is 0. The number of hydrogen-bond acceptors (Lipinski definition) is 0. The maximum absolute atomic E-state index is 2.47. The summed E-state index contributed by atoms with van der Waals surface area (Å²) < 4.78 is 0. The minimum atomic E-state index is 0.690. The second-order valence-corrected chi connectivity index (χ2v) is 5.14. The van der Waals surface area contributed by atoms with E-state index in [-0.39, 0.29) is 0 Å². The fraction of sp³-hybridized carbons (Fsp3) is 1.00. The van der Waals surface area contributed by atoms with Gasteiger partial charge in [0.2, 0.25) is 0 Å². The molecule has 2 rings (SSSR count). The Bertz CT molecular complexity index is 169. The van der Waals surface area contributed by atoms with Gasteiger partial charge >= 0.3 is 0 Å². The van der Waals surface area contributed by atoms with Crippen molar-refractivity contribution in [2.75, 3.05) is 0 Å². The Morgan fingerprint density at radius 1 is 1.30 bits per heavy atom. The maximum atomic E-state index is 2.47. The van der Waals surface area contributed by atoms with Crippen molar-refractivity contribution in [1.82, 2.24) is 0 Å². The largest absolute Gasteiger partial charge is 0.0648 e. The first kappa shape index (κ1) is 6.69. The van der Waals surface area contributed by atoms with E-state index < -0.39 is 0 Å². The zero-order valence-electron chi connectivity index (χ0n) is 7.57. The average Bonchev–Trinajstić information content (AvgIpc) is 2.33. The third-order valence-corrected chi connectivity index (χ3v) is 4.20. The van der Waals surface area contributed by atoms with Crippen molar-refractivity contribution in [2.45, 2.75) is 40.5 Å². The molecule has 3 atom stereocenters. The molecule has 0 aromatic rings. The molecule has 58 valence electrons. The summed E-state index contributed by atoms with van der Waals surface area (Å²) in [6.45, 7) is 9.66. The van der Waals surface area contributed by atoms with Crippen molar-refractivity contribution in [3.05, 3.63) is 0 Å². The van der Waals surface area contributed by atoms with Crippen LogP contribution in [0.25, 0.3) is 0 Å². The molecule has 2 aliphatic carbocycles. The first-order chi connectivity index (χ1) is 4.52. The SMILES string of the molecule is CCC1(C)C2CC(C)(C)C21. The third-order valence-electron chi connectivity index (χ3n) is 4.20. The Labute approximate surface area is 64.0 Å². The Kier molecular flexibility index (Phi) is 0.964. The monoisotopic (exact) mass is 138 g/mol. The number of rotatable bonds is 1. The van der Waals surface area contributed by atoms with E-state index in [1.807, 2.05) is 0 Å². The van der Waals surface area contributed by atoms with E-state index >= 15 is 0 Å². The number of fused-ring (bicyclic) bond motifs is 1. The number of hydrogen-bond donors (Lipinski definition) is 0. The van der Waals surface area contributed by atoms with Gasteiger partial charge < -0.3 is 0 Å². The minimum absolute atomic E-state index is 0.690. The lowest BCUT2D eigenvalue weighted by atomic mass is 9.72. The lowest BCUT2D eigenvalue weighted by Gasteiger charge is -2.33. The zero-order valence-corrected chi connectivity index (χ0v) is 7.57. The third kappa shape index (κ3) is 0.500. The molecular formula is C10H18. The van der Waals surface area contributed by atoms with Crippen LogP contribution in [0.5, 0.6) is 0 Å². The van der Waals surface area contributed by atoms with Gasteiger partial charge in [0.1, 0.15) is 0 Å². The highest BCUT2D eigenvalue weighted by Crippen LogP contribution is 2.79. The van der Waals surface area contributed by atoms with Crippen molar-refractivity contribution in [3.63, 3.8) is 0 Å². The van der Waals surface area contributed by atoms with Crippen molar-refractivity contribution in [2.24, 2.45) is 22.7 Å². The van der Waals surface area contributed by atoms with Crippen molar-refractivity contribution in [3.8, 4) is 0 Å². The zero-order chi connectivity index (χ0) is 7.57. The Morgan fingerprint density at radius 3 is 2.00 bits per heavy atom. The summed E-state index contributed by atoms with van der Waals surface area (Å²) in [7, 11) is 0. The van der Waals surface area contributed by atoms with Crippen LogP contribution < -0.4 is 0 Å². The standard InChI is InChI=1S/C10H18/c1-5-10(4)7-6-9(2,3)8(7)10/h7-8H,5-6H2,1-4H3. The molecule has 10 heavy (non-hydrogen) atoms. The molecular weight excluding hydrogens is 120 g/mol. The summed E-state index contributed by atoms with van der Waals surface area (Å²) in [5.74, 6) is 2.18. The molecule has 0 radical (unpaired) electrons. The van der Waals surface area contributed by atoms with Gasteiger partial charge in [0.15, 0.2) is 0 Å². The van der Waals surface area contributed by atoms with E-state index in [4.69, 9.17) is 0 Å². The van der Waals surface area contributed by atoms with Gasteiger partial charge in [-0.25, -0.2) is 0 Å². The molecule has 2 aliphatic rings. The molecule has 0 heterocycles. The van der Waals surface area contributed by atoms with Gasteiger partial charge in [-0.05, 0) is 29.1 Å². The van der Waals surface area contributed by atoms with E-state index in [9.17, 15) is 0 Å². The van der Waals surface area contributed by atoms with Gasteiger partial charge in [-0.3, -0.25) is 0 Å². The molecule has 3 unspecified atom stereocenters. The summed E-state index contributed by atoms with van der Waals surface area (Å²) in [5.41, 5.74) is 1.44. The average molecular weight is 138 g/mol. The van der Waals surface area contributed by atoms with Gasteiger partial charge in [0.25, 0.3) is 0 Å². The molecule has 0 amide bonds. The molecule has 0 heteroatoms. The van der Waals surface area contributed by atoms with Crippen molar-refractivity contribution in [1.29, 1.82) is 0 Å². The highest BCUT2D eigenvalue weighted by molar-refractivity contribution is 5.21.